The molecule has 72 valence electrons. The molecular weight excluding hydrogens is 176 g/mol. The van der Waals surface area contributed by atoms with Crippen LogP contribution in [0.15, 0.2) is 30.7 Å². The first kappa shape index (κ1) is 8.87. The van der Waals surface area contributed by atoms with E-state index >= 15 is 0 Å². The van der Waals surface area contributed by atoms with Gasteiger partial charge in [-0.3, -0.25) is 4.98 Å². The summed E-state index contributed by atoms with van der Waals surface area (Å²) in [5, 5.41) is 8.13. The highest BCUT2D eigenvalue weighted by atomic mass is 15.4. The molecule has 2 rings (SSSR count). The average molecular weight is 188 g/mol. The minimum atomic E-state index is 0.408. The van der Waals surface area contributed by atoms with Crippen molar-refractivity contribution in [2.24, 2.45) is 0 Å². The van der Waals surface area contributed by atoms with E-state index in [1.807, 2.05) is 18.3 Å². The Balaban J connectivity index is 2.34. The highest BCUT2D eigenvalue weighted by Crippen LogP contribution is 2.11. The maximum atomic E-state index is 4.08. The minimum Gasteiger partial charge on any atom is -0.265 e. The molecule has 0 saturated carbocycles. The van der Waals surface area contributed by atoms with Gasteiger partial charge in [-0.15, -0.1) is 5.10 Å². The Morgan fingerprint density at radius 2 is 1.93 bits per heavy atom. The lowest BCUT2D eigenvalue weighted by molar-refractivity contribution is 0.775. The molecule has 0 amide bonds. The van der Waals surface area contributed by atoms with Gasteiger partial charge in [0.25, 0.3) is 0 Å². The van der Waals surface area contributed by atoms with Crippen molar-refractivity contribution in [3.05, 3.63) is 36.4 Å². The number of nitrogens with zero attached hydrogens (tertiary/aromatic N) is 4. The van der Waals surface area contributed by atoms with Gasteiger partial charge in [-0.1, -0.05) is 19.1 Å². The minimum absolute atomic E-state index is 0.408. The SMILES string of the molecule is CC(C)c1cn(-c2ccncc2)nn1. The molecule has 14 heavy (non-hydrogen) atoms. The van der Waals surface area contributed by atoms with Gasteiger partial charge in [0.1, 0.15) is 0 Å². The third kappa shape index (κ3) is 1.64. The topological polar surface area (TPSA) is 43.6 Å². The Kier molecular flexibility index (Phi) is 2.26. The normalized spacial score (nSPS) is 10.8. The number of rotatable bonds is 2. The van der Waals surface area contributed by atoms with Gasteiger partial charge >= 0.3 is 0 Å². The molecule has 2 heterocycles. The summed E-state index contributed by atoms with van der Waals surface area (Å²) in [7, 11) is 0. The zero-order chi connectivity index (χ0) is 9.97. The third-order valence-corrected chi connectivity index (χ3v) is 2.03. The molecular formula is C10H12N4. The van der Waals surface area contributed by atoms with E-state index in [1.165, 1.54) is 0 Å². The van der Waals surface area contributed by atoms with Gasteiger partial charge in [0, 0.05) is 12.4 Å². The van der Waals surface area contributed by atoms with E-state index in [1.54, 1.807) is 17.1 Å². The molecule has 0 radical (unpaired) electrons. The van der Waals surface area contributed by atoms with Gasteiger partial charge in [0.15, 0.2) is 0 Å². The average Bonchev–Trinajstić information content (AvgIpc) is 2.68. The fraction of sp³-hybridized carbons (Fsp3) is 0.300. The quantitative estimate of drug-likeness (QED) is 0.721. The van der Waals surface area contributed by atoms with E-state index < -0.39 is 0 Å². The first-order valence-corrected chi connectivity index (χ1v) is 4.60. The monoisotopic (exact) mass is 188 g/mol. The molecule has 0 N–H and O–H groups in total. The molecule has 0 aliphatic rings. The van der Waals surface area contributed by atoms with E-state index in [4.69, 9.17) is 0 Å². The maximum Gasteiger partial charge on any atom is 0.0857 e. The van der Waals surface area contributed by atoms with Crippen molar-refractivity contribution in [1.29, 1.82) is 0 Å². The second kappa shape index (κ2) is 3.57. The Morgan fingerprint density at radius 3 is 2.50 bits per heavy atom. The number of hydrogen-bond donors (Lipinski definition) is 0. The lowest BCUT2D eigenvalue weighted by atomic mass is 10.2. The maximum absolute atomic E-state index is 4.08. The van der Waals surface area contributed by atoms with Crippen LogP contribution in [0.3, 0.4) is 0 Å². The Bertz CT molecular complexity index is 405. The highest BCUT2D eigenvalue weighted by Gasteiger charge is 2.05. The predicted molar refractivity (Wildman–Crippen MR) is 53.2 cm³/mol. The van der Waals surface area contributed by atoms with Gasteiger partial charge in [0.05, 0.1) is 17.6 Å². The first-order valence-electron chi connectivity index (χ1n) is 4.60. The van der Waals surface area contributed by atoms with Gasteiger partial charge in [-0.25, -0.2) is 4.68 Å². The lowest BCUT2D eigenvalue weighted by Crippen LogP contribution is -1.94. The van der Waals surface area contributed by atoms with Crippen LogP contribution in [0.1, 0.15) is 25.5 Å². The number of pyridine rings is 1. The molecule has 0 fully saturated rings. The van der Waals surface area contributed by atoms with Crippen LogP contribution in [-0.2, 0) is 0 Å². The van der Waals surface area contributed by atoms with Gasteiger partial charge < -0.3 is 0 Å². The summed E-state index contributed by atoms with van der Waals surface area (Å²) in [6, 6.07) is 3.80. The van der Waals surface area contributed by atoms with Crippen LogP contribution < -0.4 is 0 Å². The first-order chi connectivity index (χ1) is 6.77. The molecule has 0 bridgehead atoms. The molecule has 0 aliphatic carbocycles. The molecule has 0 unspecified atom stereocenters. The molecule has 4 heteroatoms. The fourth-order valence-corrected chi connectivity index (χ4v) is 1.16. The summed E-state index contributed by atoms with van der Waals surface area (Å²) in [6.07, 6.45) is 5.43. The molecule has 4 nitrogen and oxygen atoms in total. The summed E-state index contributed by atoms with van der Waals surface area (Å²) >= 11 is 0. The smallest absolute Gasteiger partial charge is 0.0857 e. The largest absolute Gasteiger partial charge is 0.265 e. The molecule has 0 aliphatic heterocycles. The van der Waals surface area contributed by atoms with Crippen LogP contribution in [0.2, 0.25) is 0 Å². The summed E-state index contributed by atoms with van der Waals surface area (Å²) in [5.41, 5.74) is 1.99. The zero-order valence-corrected chi connectivity index (χ0v) is 8.25. The summed E-state index contributed by atoms with van der Waals surface area (Å²) in [6.45, 7) is 4.20. The van der Waals surface area contributed by atoms with Crippen LogP contribution in [0.5, 0.6) is 0 Å². The van der Waals surface area contributed by atoms with Crippen LogP contribution >= 0.6 is 0 Å². The predicted octanol–water partition coefficient (Wildman–Crippen LogP) is 1.79. The van der Waals surface area contributed by atoms with E-state index in [-0.39, 0.29) is 0 Å². The van der Waals surface area contributed by atoms with Crippen molar-refractivity contribution in [3.63, 3.8) is 0 Å². The van der Waals surface area contributed by atoms with E-state index in [0.29, 0.717) is 5.92 Å². The fourth-order valence-electron chi connectivity index (χ4n) is 1.16. The van der Waals surface area contributed by atoms with Gasteiger partial charge in [-0.05, 0) is 18.1 Å². The highest BCUT2D eigenvalue weighted by molar-refractivity contribution is 5.27. The van der Waals surface area contributed by atoms with Crippen LogP contribution in [0.25, 0.3) is 5.69 Å². The molecule has 0 saturated heterocycles. The number of hydrogen-bond acceptors (Lipinski definition) is 3. The lowest BCUT2D eigenvalue weighted by Gasteiger charge is -1.97. The number of aromatic nitrogens is 4. The van der Waals surface area contributed by atoms with Crippen LogP contribution in [0.4, 0.5) is 0 Å². The van der Waals surface area contributed by atoms with Crippen molar-refractivity contribution in [3.8, 4) is 5.69 Å². The molecule has 2 aromatic heterocycles. The van der Waals surface area contributed by atoms with E-state index in [9.17, 15) is 0 Å². The summed E-state index contributed by atoms with van der Waals surface area (Å²) in [5.74, 6) is 0.408. The van der Waals surface area contributed by atoms with E-state index in [2.05, 4.69) is 29.1 Å². The second-order valence-corrected chi connectivity index (χ2v) is 3.45. The van der Waals surface area contributed by atoms with Crippen LogP contribution in [0, 0.1) is 0 Å². The van der Waals surface area contributed by atoms with Crippen molar-refractivity contribution >= 4 is 0 Å². The van der Waals surface area contributed by atoms with Crippen molar-refractivity contribution in [2.75, 3.05) is 0 Å². The Morgan fingerprint density at radius 1 is 1.21 bits per heavy atom. The molecule has 2 aromatic rings. The van der Waals surface area contributed by atoms with Crippen molar-refractivity contribution < 1.29 is 0 Å². The van der Waals surface area contributed by atoms with Gasteiger partial charge in [0.2, 0.25) is 0 Å². The Labute approximate surface area is 82.6 Å². The molecule has 0 atom stereocenters. The van der Waals surface area contributed by atoms with Gasteiger partial charge in [-0.2, -0.15) is 0 Å². The molecule has 0 spiro atoms. The zero-order valence-electron chi connectivity index (χ0n) is 8.25. The van der Waals surface area contributed by atoms with E-state index in [0.717, 1.165) is 11.4 Å². The molecule has 0 aromatic carbocycles. The second-order valence-electron chi connectivity index (χ2n) is 3.45. The van der Waals surface area contributed by atoms with Crippen LogP contribution in [-0.4, -0.2) is 20.0 Å². The van der Waals surface area contributed by atoms with Crippen molar-refractivity contribution in [1.82, 2.24) is 20.0 Å². The Hall–Kier alpha value is -1.71. The summed E-state index contributed by atoms with van der Waals surface area (Å²) < 4.78 is 1.76. The standard InChI is InChI=1S/C10H12N4/c1-8(2)10-7-14(13-12-10)9-3-5-11-6-4-9/h3-8H,1-2H3. The summed E-state index contributed by atoms with van der Waals surface area (Å²) in [4.78, 5) is 3.95. The van der Waals surface area contributed by atoms with Crippen molar-refractivity contribution in [2.45, 2.75) is 19.8 Å². The third-order valence-electron chi connectivity index (χ3n) is 2.03.